The Morgan fingerprint density at radius 1 is 1.23 bits per heavy atom. The molecule has 3 aliphatic rings. The summed E-state index contributed by atoms with van der Waals surface area (Å²) in [6, 6.07) is 6.84. The summed E-state index contributed by atoms with van der Waals surface area (Å²) >= 11 is 0. The number of benzene rings is 1. The molecule has 3 heterocycles. The molecule has 8 nitrogen and oxygen atoms in total. The molecule has 168 valence electrons. The van der Waals surface area contributed by atoms with Gasteiger partial charge >= 0.3 is 0 Å². The number of aromatic nitrogens is 2. The molecule has 1 atom stereocenters. The highest BCUT2D eigenvalue weighted by atomic mass is 32.2. The van der Waals surface area contributed by atoms with E-state index in [1.165, 1.54) is 6.42 Å². The van der Waals surface area contributed by atoms with E-state index in [0.717, 1.165) is 50.4 Å². The van der Waals surface area contributed by atoms with E-state index in [1.807, 2.05) is 0 Å². The van der Waals surface area contributed by atoms with Gasteiger partial charge < -0.3 is 9.26 Å². The number of nitrogens with zero attached hydrogens (tertiary/aromatic N) is 4. The Labute approximate surface area is 183 Å². The fourth-order valence-electron chi connectivity index (χ4n) is 5.24. The molecule has 31 heavy (non-hydrogen) atoms. The van der Waals surface area contributed by atoms with E-state index in [-0.39, 0.29) is 11.5 Å². The molecule has 1 unspecified atom stereocenters. The summed E-state index contributed by atoms with van der Waals surface area (Å²) in [5, 5.41) is 4.29. The summed E-state index contributed by atoms with van der Waals surface area (Å²) in [5.74, 6) is 2.56. The third kappa shape index (κ3) is 3.76. The number of piperidine rings is 1. The second-order valence-corrected chi connectivity index (χ2v) is 11.3. The van der Waals surface area contributed by atoms with Crippen LogP contribution in [0.15, 0.2) is 33.7 Å². The summed E-state index contributed by atoms with van der Waals surface area (Å²) < 4.78 is 38.6. The summed E-state index contributed by atoms with van der Waals surface area (Å²) in [6.45, 7) is 1.98. The van der Waals surface area contributed by atoms with Gasteiger partial charge in [-0.2, -0.15) is 9.29 Å². The molecular weight excluding hydrogens is 416 g/mol. The minimum absolute atomic E-state index is 0.0943. The molecule has 2 saturated heterocycles. The van der Waals surface area contributed by atoms with Gasteiger partial charge in [0.05, 0.1) is 18.0 Å². The Morgan fingerprint density at radius 3 is 2.68 bits per heavy atom. The quantitative estimate of drug-likeness (QED) is 0.697. The monoisotopic (exact) mass is 446 g/mol. The zero-order valence-corrected chi connectivity index (χ0v) is 19.0. The van der Waals surface area contributed by atoms with Crippen LogP contribution in [0.5, 0.6) is 5.75 Å². The lowest BCUT2D eigenvalue weighted by Crippen LogP contribution is -2.44. The predicted molar refractivity (Wildman–Crippen MR) is 114 cm³/mol. The Morgan fingerprint density at radius 2 is 2.00 bits per heavy atom. The Hall–Kier alpha value is -1.97. The van der Waals surface area contributed by atoms with Gasteiger partial charge in [-0.1, -0.05) is 17.6 Å². The van der Waals surface area contributed by atoms with Crippen molar-refractivity contribution in [3.63, 3.8) is 0 Å². The number of methoxy groups -OCH3 is 1. The minimum atomic E-state index is -3.52. The van der Waals surface area contributed by atoms with Crippen molar-refractivity contribution >= 4 is 10.0 Å². The van der Waals surface area contributed by atoms with Crippen molar-refractivity contribution in [3.8, 4) is 5.75 Å². The van der Waals surface area contributed by atoms with Gasteiger partial charge in [0.1, 0.15) is 5.75 Å². The van der Waals surface area contributed by atoms with Gasteiger partial charge in [0.15, 0.2) is 5.82 Å². The average molecular weight is 447 g/mol. The molecule has 1 saturated carbocycles. The van der Waals surface area contributed by atoms with E-state index in [1.54, 1.807) is 35.7 Å². The van der Waals surface area contributed by atoms with E-state index in [9.17, 15) is 8.42 Å². The van der Waals surface area contributed by atoms with Crippen LogP contribution >= 0.6 is 0 Å². The van der Waals surface area contributed by atoms with Crippen LogP contribution in [0.25, 0.3) is 0 Å². The molecule has 2 aromatic rings. The van der Waals surface area contributed by atoms with Crippen molar-refractivity contribution in [1.82, 2.24) is 19.3 Å². The lowest BCUT2D eigenvalue weighted by molar-refractivity contribution is 0.161. The number of hydrogen-bond acceptors (Lipinski definition) is 7. The zero-order valence-electron chi connectivity index (χ0n) is 18.2. The van der Waals surface area contributed by atoms with Crippen LogP contribution in [0.2, 0.25) is 0 Å². The first kappa shape index (κ1) is 20.9. The fourth-order valence-corrected chi connectivity index (χ4v) is 6.71. The van der Waals surface area contributed by atoms with Crippen LogP contribution < -0.4 is 4.74 Å². The maximum absolute atomic E-state index is 13.1. The Bertz CT molecular complexity index is 1040. The average Bonchev–Trinajstić information content (AvgIpc) is 3.32. The highest BCUT2D eigenvalue weighted by Crippen LogP contribution is 2.48. The standard InChI is InChI=1S/C22H30N4O4S/c1-25-15-22(14-19(25)20-23-21(30-24-20)16-5-3-6-16)9-11-26(12-10-22)31(27,28)18-8-4-7-17(13-18)29-2/h4,7-8,13,16,19H,3,5-6,9-12,14-15H2,1-2H3. The molecule has 0 radical (unpaired) electrons. The summed E-state index contributed by atoms with van der Waals surface area (Å²) in [7, 11) is 0.130. The second-order valence-electron chi connectivity index (χ2n) is 9.34. The van der Waals surface area contributed by atoms with Gasteiger partial charge in [0.25, 0.3) is 0 Å². The smallest absolute Gasteiger partial charge is 0.243 e. The van der Waals surface area contributed by atoms with Crippen LogP contribution in [0, 0.1) is 5.41 Å². The number of ether oxygens (including phenoxy) is 1. The first-order chi connectivity index (χ1) is 14.9. The lowest BCUT2D eigenvalue weighted by atomic mass is 9.77. The fraction of sp³-hybridized carbons (Fsp3) is 0.636. The third-order valence-electron chi connectivity index (χ3n) is 7.42. The SMILES string of the molecule is COc1cccc(S(=O)(=O)N2CCC3(CC2)CC(c2noc(C4CCC4)n2)N(C)C3)c1. The first-order valence-electron chi connectivity index (χ1n) is 11.1. The molecule has 2 aliphatic heterocycles. The number of likely N-dealkylation sites (tertiary alicyclic amines) is 1. The maximum Gasteiger partial charge on any atom is 0.243 e. The molecule has 9 heteroatoms. The van der Waals surface area contributed by atoms with Crippen molar-refractivity contribution in [2.75, 3.05) is 33.8 Å². The normalized spacial score (nSPS) is 25.0. The van der Waals surface area contributed by atoms with E-state index in [2.05, 4.69) is 17.1 Å². The van der Waals surface area contributed by atoms with Crippen LogP contribution in [0.4, 0.5) is 0 Å². The van der Waals surface area contributed by atoms with E-state index < -0.39 is 10.0 Å². The van der Waals surface area contributed by atoms with E-state index in [0.29, 0.717) is 29.7 Å². The molecule has 0 amide bonds. The molecule has 1 aliphatic carbocycles. The third-order valence-corrected chi connectivity index (χ3v) is 9.31. The molecule has 5 rings (SSSR count). The maximum atomic E-state index is 13.1. The van der Waals surface area contributed by atoms with Crippen molar-refractivity contribution in [2.45, 2.75) is 55.4 Å². The molecule has 1 aromatic heterocycles. The van der Waals surface area contributed by atoms with Crippen molar-refractivity contribution in [3.05, 3.63) is 36.0 Å². The largest absolute Gasteiger partial charge is 0.497 e. The van der Waals surface area contributed by atoms with Gasteiger partial charge in [-0.15, -0.1) is 0 Å². The van der Waals surface area contributed by atoms with Crippen LogP contribution in [-0.2, 0) is 10.0 Å². The van der Waals surface area contributed by atoms with Gasteiger partial charge in [-0.25, -0.2) is 8.42 Å². The minimum Gasteiger partial charge on any atom is -0.497 e. The van der Waals surface area contributed by atoms with Gasteiger partial charge in [0, 0.05) is 31.6 Å². The summed E-state index contributed by atoms with van der Waals surface area (Å²) in [6.07, 6.45) is 6.15. The first-order valence-corrected chi connectivity index (χ1v) is 12.5. The highest BCUT2D eigenvalue weighted by Gasteiger charge is 2.47. The number of hydrogen-bond donors (Lipinski definition) is 0. The number of rotatable bonds is 5. The van der Waals surface area contributed by atoms with Crippen molar-refractivity contribution in [2.24, 2.45) is 5.41 Å². The molecular formula is C22H30N4O4S. The van der Waals surface area contributed by atoms with Gasteiger partial charge in [-0.05, 0) is 56.7 Å². The topological polar surface area (TPSA) is 88.8 Å². The molecule has 3 fully saturated rings. The van der Waals surface area contributed by atoms with Crippen LogP contribution in [0.3, 0.4) is 0 Å². The van der Waals surface area contributed by atoms with E-state index >= 15 is 0 Å². The van der Waals surface area contributed by atoms with E-state index in [4.69, 9.17) is 14.2 Å². The predicted octanol–water partition coefficient (Wildman–Crippen LogP) is 3.19. The molecule has 0 N–H and O–H groups in total. The van der Waals surface area contributed by atoms with Gasteiger partial charge in [0.2, 0.25) is 15.9 Å². The number of sulfonamides is 1. The van der Waals surface area contributed by atoms with Crippen molar-refractivity contribution < 1.29 is 17.7 Å². The lowest BCUT2D eigenvalue weighted by Gasteiger charge is -2.38. The second kappa shape index (κ2) is 7.86. The molecule has 1 spiro atoms. The summed E-state index contributed by atoms with van der Waals surface area (Å²) in [4.78, 5) is 7.31. The van der Waals surface area contributed by atoms with Crippen LogP contribution in [-0.4, -0.2) is 61.6 Å². The molecule has 1 aromatic carbocycles. The Balaban J connectivity index is 1.27. The van der Waals surface area contributed by atoms with Gasteiger partial charge in [-0.3, -0.25) is 4.90 Å². The van der Waals surface area contributed by atoms with Crippen LogP contribution in [0.1, 0.15) is 62.2 Å². The van der Waals surface area contributed by atoms with Crippen molar-refractivity contribution in [1.29, 1.82) is 0 Å². The zero-order chi connectivity index (χ0) is 21.6. The Kier molecular flexibility index (Phi) is 5.30. The highest BCUT2D eigenvalue weighted by molar-refractivity contribution is 7.89. The molecule has 0 bridgehead atoms. The summed E-state index contributed by atoms with van der Waals surface area (Å²) in [5.41, 5.74) is 0.0943.